The fourth-order valence-electron chi connectivity index (χ4n) is 2.57. The molecule has 6 heteroatoms. The molecule has 1 unspecified atom stereocenters. The number of hydrogen-bond donors (Lipinski definition) is 2. The number of H-pyrrole nitrogens is 1. The SMILES string of the molecule is COc1cccc(-c2[nH]ncc2C(=O)NC(C)c2ccc(F)cc2)c1. The largest absolute Gasteiger partial charge is 0.497 e. The number of hydrogen-bond acceptors (Lipinski definition) is 3. The zero-order valence-electron chi connectivity index (χ0n) is 13.9. The van der Waals surface area contributed by atoms with E-state index in [0.717, 1.165) is 11.1 Å². The van der Waals surface area contributed by atoms with Crippen LogP contribution >= 0.6 is 0 Å². The number of aromatic amines is 1. The van der Waals surface area contributed by atoms with Gasteiger partial charge in [0.15, 0.2) is 0 Å². The van der Waals surface area contributed by atoms with Crippen LogP contribution in [0, 0.1) is 5.82 Å². The first-order valence-corrected chi connectivity index (χ1v) is 7.82. The lowest BCUT2D eigenvalue weighted by Gasteiger charge is -2.14. The molecule has 0 aliphatic rings. The smallest absolute Gasteiger partial charge is 0.255 e. The molecule has 128 valence electrons. The highest BCUT2D eigenvalue weighted by Crippen LogP contribution is 2.25. The first-order chi connectivity index (χ1) is 12.1. The molecule has 1 amide bonds. The van der Waals surface area contributed by atoms with E-state index >= 15 is 0 Å². The molecule has 0 aliphatic carbocycles. The maximum Gasteiger partial charge on any atom is 0.255 e. The molecule has 0 saturated carbocycles. The van der Waals surface area contributed by atoms with Crippen molar-refractivity contribution in [2.45, 2.75) is 13.0 Å². The summed E-state index contributed by atoms with van der Waals surface area (Å²) in [5.74, 6) is 0.124. The van der Waals surface area contributed by atoms with E-state index in [1.54, 1.807) is 19.2 Å². The van der Waals surface area contributed by atoms with Crippen LogP contribution < -0.4 is 10.1 Å². The summed E-state index contributed by atoms with van der Waals surface area (Å²) in [6.07, 6.45) is 1.49. The summed E-state index contributed by atoms with van der Waals surface area (Å²) < 4.78 is 18.2. The van der Waals surface area contributed by atoms with Gasteiger partial charge in [-0.05, 0) is 36.8 Å². The number of rotatable bonds is 5. The van der Waals surface area contributed by atoms with E-state index in [0.29, 0.717) is 17.0 Å². The van der Waals surface area contributed by atoms with E-state index in [-0.39, 0.29) is 17.8 Å². The number of carbonyl (C=O) groups is 1. The molecule has 0 radical (unpaired) electrons. The second-order valence-corrected chi connectivity index (χ2v) is 5.64. The Morgan fingerprint density at radius 3 is 2.72 bits per heavy atom. The molecule has 0 saturated heterocycles. The van der Waals surface area contributed by atoms with E-state index in [2.05, 4.69) is 15.5 Å². The number of amides is 1. The van der Waals surface area contributed by atoms with Gasteiger partial charge in [0.2, 0.25) is 0 Å². The van der Waals surface area contributed by atoms with Gasteiger partial charge in [0.05, 0.1) is 30.6 Å². The first kappa shape index (κ1) is 16.7. The van der Waals surface area contributed by atoms with Gasteiger partial charge in [0, 0.05) is 5.56 Å². The minimum absolute atomic E-state index is 0.261. The Morgan fingerprint density at radius 2 is 2.00 bits per heavy atom. The van der Waals surface area contributed by atoms with Crippen molar-refractivity contribution < 1.29 is 13.9 Å². The van der Waals surface area contributed by atoms with Crippen LogP contribution in [-0.4, -0.2) is 23.2 Å². The maximum absolute atomic E-state index is 13.0. The second kappa shape index (κ2) is 7.17. The number of ether oxygens (including phenoxy) is 1. The molecule has 1 atom stereocenters. The highest BCUT2D eigenvalue weighted by molar-refractivity contribution is 6.00. The van der Waals surface area contributed by atoms with Gasteiger partial charge in [-0.2, -0.15) is 5.10 Å². The van der Waals surface area contributed by atoms with Crippen LogP contribution in [0.3, 0.4) is 0 Å². The molecule has 0 aliphatic heterocycles. The lowest BCUT2D eigenvalue weighted by molar-refractivity contribution is 0.0940. The van der Waals surface area contributed by atoms with Crippen LogP contribution in [-0.2, 0) is 0 Å². The number of carbonyl (C=O) groups excluding carboxylic acids is 1. The monoisotopic (exact) mass is 339 g/mol. The van der Waals surface area contributed by atoms with Gasteiger partial charge in [0.25, 0.3) is 5.91 Å². The molecule has 2 aromatic carbocycles. The van der Waals surface area contributed by atoms with E-state index in [1.807, 2.05) is 31.2 Å². The van der Waals surface area contributed by atoms with Crippen LogP contribution in [0.5, 0.6) is 5.75 Å². The molecule has 2 N–H and O–H groups in total. The van der Waals surface area contributed by atoms with Crippen molar-refractivity contribution in [2.24, 2.45) is 0 Å². The molecule has 3 rings (SSSR count). The summed E-state index contributed by atoms with van der Waals surface area (Å²) in [5, 5.41) is 9.75. The average molecular weight is 339 g/mol. The number of aromatic nitrogens is 2. The third kappa shape index (κ3) is 3.68. The Balaban J connectivity index is 1.81. The Labute approximate surface area is 144 Å². The van der Waals surface area contributed by atoms with Crippen LogP contribution in [0.2, 0.25) is 0 Å². The summed E-state index contributed by atoms with van der Waals surface area (Å²) >= 11 is 0. The number of nitrogens with zero attached hydrogens (tertiary/aromatic N) is 1. The van der Waals surface area contributed by atoms with Gasteiger partial charge >= 0.3 is 0 Å². The Morgan fingerprint density at radius 1 is 1.24 bits per heavy atom. The highest BCUT2D eigenvalue weighted by Gasteiger charge is 2.18. The van der Waals surface area contributed by atoms with Crippen LogP contribution in [0.1, 0.15) is 28.9 Å². The quantitative estimate of drug-likeness (QED) is 0.744. The maximum atomic E-state index is 13.0. The predicted molar refractivity (Wildman–Crippen MR) is 92.9 cm³/mol. The predicted octanol–water partition coefficient (Wildman–Crippen LogP) is 3.72. The van der Waals surface area contributed by atoms with E-state index < -0.39 is 0 Å². The molecule has 0 fully saturated rings. The third-order valence-electron chi connectivity index (χ3n) is 3.96. The topological polar surface area (TPSA) is 67.0 Å². The van der Waals surface area contributed by atoms with Crippen molar-refractivity contribution in [3.8, 4) is 17.0 Å². The van der Waals surface area contributed by atoms with Gasteiger partial charge in [-0.15, -0.1) is 0 Å². The van der Waals surface area contributed by atoms with Crippen molar-refractivity contribution in [2.75, 3.05) is 7.11 Å². The van der Waals surface area contributed by atoms with Gasteiger partial charge in [-0.1, -0.05) is 24.3 Å². The lowest BCUT2D eigenvalue weighted by Crippen LogP contribution is -2.26. The Bertz CT molecular complexity index is 874. The fraction of sp³-hybridized carbons (Fsp3) is 0.158. The zero-order chi connectivity index (χ0) is 17.8. The molecule has 0 bridgehead atoms. The normalized spacial score (nSPS) is 11.8. The van der Waals surface area contributed by atoms with Crippen LogP contribution in [0.4, 0.5) is 4.39 Å². The standard InChI is InChI=1S/C19H18FN3O2/c1-12(13-6-8-15(20)9-7-13)22-19(24)17-11-21-23-18(17)14-4-3-5-16(10-14)25-2/h3-12H,1-2H3,(H,21,23)(H,22,24). The molecular weight excluding hydrogens is 321 g/mol. The summed E-state index contributed by atoms with van der Waals surface area (Å²) in [5.41, 5.74) is 2.67. The van der Waals surface area contributed by atoms with Crippen molar-refractivity contribution in [1.29, 1.82) is 0 Å². The molecule has 3 aromatic rings. The number of benzene rings is 2. The fourth-order valence-corrected chi connectivity index (χ4v) is 2.57. The van der Waals surface area contributed by atoms with Crippen molar-refractivity contribution in [1.82, 2.24) is 15.5 Å². The van der Waals surface area contributed by atoms with E-state index in [4.69, 9.17) is 4.74 Å². The van der Waals surface area contributed by atoms with Crippen LogP contribution in [0.15, 0.2) is 54.7 Å². The second-order valence-electron chi connectivity index (χ2n) is 5.64. The summed E-state index contributed by atoms with van der Waals surface area (Å²) in [7, 11) is 1.59. The molecule has 1 aromatic heterocycles. The molecule has 1 heterocycles. The van der Waals surface area contributed by atoms with Gasteiger partial charge in [0.1, 0.15) is 11.6 Å². The average Bonchev–Trinajstić information content (AvgIpc) is 3.12. The Kier molecular flexibility index (Phi) is 4.79. The first-order valence-electron chi connectivity index (χ1n) is 7.82. The van der Waals surface area contributed by atoms with Crippen molar-refractivity contribution in [3.63, 3.8) is 0 Å². The number of nitrogens with one attached hydrogen (secondary N) is 2. The highest BCUT2D eigenvalue weighted by atomic mass is 19.1. The third-order valence-corrected chi connectivity index (χ3v) is 3.96. The molecule has 5 nitrogen and oxygen atoms in total. The van der Waals surface area contributed by atoms with Crippen molar-refractivity contribution in [3.05, 3.63) is 71.7 Å². The lowest BCUT2D eigenvalue weighted by atomic mass is 10.1. The van der Waals surface area contributed by atoms with E-state index in [1.165, 1.54) is 18.3 Å². The van der Waals surface area contributed by atoms with E-state index in [9.17, 15) is 9.18 Å². The van der Waals surface area contributed by atoms with Gasteiger partial charge in [-0.25, -0.2) is 4.39 Å². The minimum atomic E-state index is -0.308. The molecule has 25 heavy (non-hydrogen) atoms. The van der Waals surface area contributed by atoms with Gasteiger partial charge < -0.3 is 10.1 Å². The summed E-state index contributed by atoms with van der Waals surface area (Å²) in [6.45, 7) is 1.84. The van der Waals surface area contributed by atoms with Gasteiger partial charge in [-0.3, -0.25) is 9.89 Å². The van der Waals surface area contributed by atoms with Crippen molar-refractivity contribution >= 4 is 5.91 Å². The van der Waals surface area contributed by atoms with Crippen LogP contribution in [0.25, 0.3) is 11.3 Å². The summed E-state index contributed by atoms with van der Waals surface area (Å²) in [6, 6.07) is 13.2. The minimum Gasteiger partial charge on any atom is -0.497 e. The molecular formula is C19H18FN3O2. The summed E-state index contributed by atoms with van der Waals surface area (Å²) in [4.78, 5) is 12.6. The molecule has 0 spiro atoms. The Hall–Kier alpha value is -3.15. The number of halogens is 1. The zero-order valence-corrected chi connectivity index (χ0v) is 13.9. The number of methoxy groups -OCH3 is 1.